The van der Waals surface area contributed by atoms with Crippen LogP contribution in [0, 0.1) is 23.7 Å². The Labute approximate surface area is 94.4 Å². The van der Waals surface area contributed by atoms with E-state index in [9.17, 15) is 0 Å². The van der Waals surface area contributed by atoms with E-state index in [0.29, 0.717) is 6.10 Å². The minimum atomic E-state index is 0. The molecule has 2 fully saturated rings. The molecule has 0 saturated heterocycles. The van der Waals surface area contributed by atoms with Crippen molar-refractivity contribution in [3.63, 3.8) is 0 Å². The minimum Gasteiger partial charge on any atom is -0.374 e. The Morgan fingerprint density at radius 3 is 2.80 bits per heavy atom. The molecule has 5 atom stereocenters. The summed E-state index contributed by atoms with van der Waals surface area (Å²) in [5, 5.41) is 0. The van der Waals surface area contributed by atoms with Crippen molar-refractivity contribution in [3.8, 4) is 0 Å². The molecule has 0 amide bonds. The quantitative estimate of drug-likeness (QED) is 0.598. The van der Waals surface area contributed by atoms with E-state index in [4.69, 9.17) is 4.74 Å². The second-order valence-electron chi connectivity index (χ2n) is 5.87. The Hall–Kier alpha value is -0.300. The lowest BCUT2D eigenvalue weighted by Gasteiger charge is -2.35. The third kappa shape index (κ3) is 1.56. The minimum absolute atomic E-state index is 0. The van der Waals surface area contributed by atoms with Crippen molar-refractivity contribution in [1.29, 1.82) is 0 Å². The maximum atomic E-state index is 5.98. The van der Waals surface area contributed by atoms with Gasteiger partial charge in [0.05, 0.1) is 12.7 Å². The third-order valence-corrected chi connectivity index (χ3v) is 5.04. The summed E-state index contributed by atoms with van der Waals surface area (Å²) in [4.78, 5) is 0. The van der Waals surface area contributed by atoms with Crippen LogP contribution in [0.4, 0.5) is 0 Å². The molecule has 1 heterocycles. The molecule has 0 radical (unpaired) electrons. The van der Waals surface area contributed by atoms with Crippen molar-refractivity contribution in [2.45, 2.75) is 45.6 Å². The summed E-state index contributed by atoms with van der Waals surface area (Å²) in [5.41, 5.74) is 1.54. The summed E-state index contributed by atoms with van der Waals surface area (Å²) < 4.78 is 5.98. The van der Waals surface area contributed by atoms with Crippen LogP contribution in [0.1, 0.15) is 41.0 Å². The second kappa shape index (κ2) is 3.62. The third-order valence-electron chi connectivity index (χ3n) is 5.04. The first-order valence-electron chi connectivity index (χ1n) is 6.54. The summed E-state index contributed by atoms with van der Waals surface area (Å²) in [5.74, 6) is 3.71. The zero-order chi connectivity index (χ0) is 10.4. The van der Waals surface area contributed by atoms with Crippen molar-refractivity contribution in [3.05, 3.63) is 11.6 Å². The highest BCUT2D eigenvalue weighted by Gasteiger charge is 2.48. The van der Waals surface area contributed by atoms with E-state index in [0.717, 1.165) is 36.7 Å². The van der Waals surface area contributed by atoms with Crippen molar-refractivity contribution in [2.24, 2.45) is 23.7 Å². The first-order valence-corrected chi connectivity index (χ1v) is 6.54. The van der Waals surface area contributed by atoms with Crippen molar-refractivity contribution in [1.82, 2.24) is 0 Å². The molecule has 0 N–H and O–H groups in total. The topological polar surface area (TPSA) is 9.23 Å². The molecule has 2 bridgehead atoms. The molecule has 1 nitrogen and oxygen atoms in total. The smallest absolute Gasteiger partial charge is 0.374 e. The van der Waals surface area contributed by atoms with Crippen LogP contribution in [0.3, 0.4) is 0 Å². The van der Waals surface area contributed by atoms with Crippen molar-refractivity contribution in [2.75, 3.05) is 6.61 Å². The molecule has 1 aliphatic heterocycles. The van der Waals surface area contributed by atoms with Crippen LogP contribution in [0.25, 0.3) is 0 Å². The summed E-state index contributed by atoms with van der Waals surface area (Å²) in [6.45, 7) is 5.66. The summed E-state index contributed by atoms with van der Waals surface area (Å²) in [7, 11) is 0. The molecule has 0 aromatic heterocycles. The largest absolute Gasteiger partial charge is 1.00 e. The lowest BCUT2D eigenvalue weighted by Crippen LogP contribution is -2.34. The summed E-state index contributed by atoms with van der Waals surface area (Å²) >= 11 is 0. The average Bonchev–Trinajstić information content (AvgIpc) is 2.77. The van der Waals surface area contributed by atoms with E-state index in [1.165, 1.54) is 19.3 Å². The van der Waals surface area contributed by atoms with Gasteiger partial charge in [-0.05, 0) is 56.3 Å². The molecule has 2 saturated carbocycles. The van der Waals surface area contributed by atoms with Gasteiger partial charge in [-0.1, -0.05) is 18.6 Å². The molecular weight excluding hydrogens is 184 g/mol. The zero-order valence-corrected chi connectivity index (χ0v) is 9.91. The molecule has 15 heavy (non-hydrogen) atoms. The lowest BCUT2D eigenvalue weighted by atomic mass is 9.76. The van der Waals surface area contributed by atoms with Crippen LogP contribution in [0.5, 0.6) is 0 Å². The number of hydrogen-bond acceptors (Lipinski definition) is 1. The number of fused-ring (bicyclic) bond motifs is 2. The van der Waals surface area contributed by atoms with Gasteiger partial charge in [0.1, 0.15) is 0 Å². The molecule has 0 aromatic carbocycles. The normalized spacial score (nSPS) is 49.5. The first kappa shape index (κ1) is 9.89. The maximum absolute atomic E-state index is 5.98. The Kier molecular flexibility index (Phi) is 2.39. The molecule has 84 valence electrons. The van der Waals surface area contributed by atoms with Crippen molar-refractivity contribution < 1.29 is 6.16 Å². The van der Waals surface area contributed by atoms with Gasteiger partial charge in [0.15, 0.2) is 0 Å². The molecule has 3 aliphatic rings. The number of rotatable bonds is 1. The number of ether oxygens (including phenoxy) is 1. The van der Waals surface area contributed by atoms with Gasteiger partial charge in [-0.15, -0.1) is 0 Å². The predicted octanol–water partition coefficient (Wildman–Crippen LogP) is 3.52. The van der Waals surface area contributed by atoms with Gasteiger partial charge in [0.2, 0.25) is 0 Å². The Balaban J connectivity index is 0.000000963. The van der Waals surface area contributed by atoms with Gasteiger partial charge in [-0.2, -0.15) is 0 Å². The highest BCUT2D eigenvalue weighted by Crippen LogP contribution is 2.54. The van der Waals surface area contributed by atoms with Gasteiger partial charge >= 0.3 is 1.43 Å². The molecule has 0 spiro atoms. The van der Waals surface area contributed by atoms with Crippen LogP contribution >= 0.6 is 0 Å². The Morgan fingerprint density at radius 1 is 1.33 bits per heavy atom. The lowest BCUT2D eigenvalue weighted by molar-refractivity contribution is 0.000413. The van der Waals surface area contributed by atoms with Crippen molar-refractivity contribution >= 4 is 0 Å². The highest BCUT2D eigenvalue weighted by atomic mass is 16.5. The van der Waals surface area contributed by atoms with E-state index in [2.05, 4.69) is 19.9 Å². The Morgan fingerprint density at radius 2 is 2.13 bits per heavy atom. The molecule has 5 unspecified atom stereocenters. The van der Waals surface area contributed by atoms with E-state index in [-0.39, 0.29) is 1.43 Å². The Bertz CT molecular complexity index is 284. The molecular formula is C14H23O+. The molecule has 1 heteroatoms. The summed E-state index contributed by atoms with van der Waals surface area (Å²) in [6.07, 6.45) is 8.43. The fourth-order valence-electron chi connectivity index (χ4n) is 4.18. The monoisotopic (exact) mass is 207 g/mol. The number of hydrogen-bond donors (Lipinski definition) is 0. The van der Waals surface area contributed by atoms with Gasteiger partial charge in [-0.3, -0.25) is 0 Å². The SMILES string of the molecule is CC1=CC(C2C3CCC(C3)C2C)OCC1.[H+]. The van der Waals surface area contributed by atoms with Crippen LogP contribution < -0.4 is 0 Å². The van der Waals surface area contributed by atoms with E-state index in [1.807, 2.05) is 0 Å². The van der Waals surface area contributed by atoms with Gasteiger partial charge in [0.25, 0.3) is 0 Å². The van der Waals surface area contributed by atoms with Gasteiger partial charge in [0, 0.05) is 0 Å². The fourth-order valence-corrected chi connectivity index (χ4v) is 4.18. The zero-order valence-electron chi connectivity index (χ0n) is 10.9. The summed E-state index contributed by atoms with van der Waals surface area (Å²) in [6, 6.07) is 0. The predicted molar refractivity (Wildman–Crippen MR) is 62.7 cm³/mol. The van der Waals surface area contributed by atoms with Gasteiger partial charge < -0.3 is 4.74 Å². The standard InChI is InChI=1S/C14H22O/c1-9-5-6-15-13(7-9)14-10(2)11-3-4-12(14)8-11/h7,10-14H,3-6,8H2,1-2H3/p+1. The van der Waals surface area contributed by atoms with Crippen LogP contribution in [-0.4, -0.2) is 12.7 Å². The van der Waals surface area contributed by atoms with E-state index in [1.54, 1.807) is 5.57 Å². The van der Waals surface area contributed by atoms with E-state index < -0.39 is 0 Å². The van der Waals surface area contributed by atoms with Crippen LogP contribution in [0.2, 0.25) is 0 Å². The first-order chi connectivity index (χ1) is 7.25. The molecule has 3 rings (SSSR count). The maximum Gasteiger partial charge on any atom is 1.00 e. The second-order valence-corrected chi connectivity index (χ2v) is 5.87. The van der Waals surface area contributed by atoms with Gasteiger partial charge in [-0.25, -0.2) is 0 Å². The van der Waals surface area contributed by atoms with Crippen LogP contribution in [0.15, 0.2) is 11.6 Å². The molecule has 2 aliphatic carbocycles. The van der Waals surface area contributed by atoms with Crippen LogP contribution in [-0.2, 0) is 4.74 Å². The molecule has 0 aromatic rings. The van der Waals surface area contributed by atoms with E-state index >= 15 is 0 Å². The fraction of sp³-hybridized carbons (Fsp3) is 0.857. The average molecular weight is 207 g/mol. The highest BCUT2D eigenvalue weighted by molar-refractivity contribution is 5.10.